The van der Waals surface area contributed by atoms with E-state index >= 15 is 0 Å². The molecule has 0 saturated carbocycles. The number of rotatable bonds is 10. The number of amides is 1. The van der Waals surface area contributed by atoms with E-state index in [1.807, 2.05) is 36.9 Å². The van der Waals surface area contributed by atoms with E-state index in [0.29, 0.717) is 25.2 Å². The molecule has 5 heteroatoms. The number of carbonyl (C=O) groups excluding carboxylic acids is 1. The molecule has 1 fully saturated rings. The van der Waals surface area contributed by atoms with E-state index in [1.54, 1.807) is 7.11 Å². The van der Waals surface area contributed by atoms with Crippen LogP contribution in [0.3, 0.4) is 0 Å². The molecule has 0 unspecified atom stereocenters. The molecule has 4 rings (SSSR count). The number of hydrogen-bond acceptors (Lipinski definition) is 4. The Morgan fingerprint density at radius 3 is 2.26 bits per heavy atom. The van der Waals surface area contributed by atoms with Gasteiger partial charge in [0.05, 0.1) is 13.2 Å². The molecule has 1 saturated heterocycles. The summed E-state index contributed by atoms with van der Waals surface area (Å²) in [7, 11) is 1.72. The molecule has 0 bridgehead atoms. The Bertz CT molecular complexity index is 1160. The first-order valence-electron chi connectivity index (χ1n) is 14.0. The van der Waals surface area contributed by atoms with E-state index in [2.05, 4.69) is 84.3 Å². The van der Waals surface area contributed by atoms with Crippen LogP contribution < -0.4 is 4.74 Å². The van der Waals surface area contributed by atoms with Gasteiger partial charge in [-0.2, -0.15) is 0 Å². The fourth-order valence-corrected chi connectivity index (χ4v) is 5.70. The first-order valence-corrected chi connectivity index (χ1v) is 14.0. The summed E-state index contributed by atoms with van der Waals surface area (Å²) in [4.78, 5) is 20.1. The van der Waals surface area contributed by atoms with Crippen molar-refractivity contribution in [2.75, 3.05) is 39.8 Å². The van der Waals surface area contributed by atoms with E-state index < -0.39 is 0 Å². The second kappa shape index (κ2) is 13.1. The lowest BCUT2D eigenvalue weighted by atomic mass is 9.92. The van der Waals surface area contributed by atoms with E-state index in [0.717, 1.165) is 37.4 Å². The van der Waals surface area contributed by atoms with Gasteiger partial charge in [0.25, 0.3) is 5.91 Å². The molecule has 0 spiro atoms. The third-order valence-corrected chi connectivity index (χ3v) is 7.96. The lowest BCUT2D eigenvalue weighted by Crippen LogP contribution is -2.57. The lowest BCUT2D eigenvalue weighted by Gasteiger charge is -2.47. The van der Waals surface area contributed by atoms with Crippen LogP contribution in [0.2, 0.25) is 0 Å². The van der Waals surface area contributed by atoms with Crippen molar-refractivity contribution in [2.45, 2.75) is 52.2 Å². The summed E-state index contributed by atoms with van der Waals surface area (Å²) < 4.78 is 5.59. The van der Waals surface area contributed by atoms with Gasteiger partial charge in [0, 0.05) is 50.4 Å². The summed E-state index contributed by atoms with van der Waals surface area (Å²) in [5.74, 6) is 0.955. The fourth-order valence-electron chi connectivity index (χ4n) is 5.70. The van der Waals surface area contributed by atoms with Gasteiger partial charge < -0.3 is 9.64 Å². The van der Waals surface area contributed by atoms with Crippen molar-refractivity contribution in [2.24, 2.45) is 0 Å². The fraction of sp³-hybridized carbons (Fsp3) is 0.424. The predicted molar refractivity (Wildman–Crippen MR) is 156 cm³/mol. The van der Waals surface area contributed by atoms with Crippen LogP contribution in [0.1, 0.15) is 60.8 Å². The first kappa shape index (κ1) is 27.9. The standard InChI is InChI=1S/C33H43N3O2/c1-6-34(7-2)33(37)29-18-16-28(17-19-29)32(30-14-11-15-31(22-30)38-5)36-24-25(3)35(23-26(36)4)21-20-27-12-9-8-10-13-27/h8-19,22,25-26,32H,6-7,20-21,23-24H2,1-5H3/t25-,26+,32-/m0/s1. The third kappa shape index (κ3) is 6.46. The second-order valence-electron chi connectivity index (χ2n) is 10.4. The van der Waals surface area contributed by atoms with Crippen molar-refractivity contribution >= 4 is 5.91 Å². The topological polar surface area (TPSA) is 36.0 Å². The van der Waals surface area contributed by atoms with Gasteiger partial charge >= 0.3 is 0 Å². The normalized spacial score (nSPS) is 19.2. The predicted octanol–water partition coefficient (Wildman–Crippen LogP) is 5.90. The molecule has 5 nitrogen and oxygen atoms in total. The molecule has 0 radical (unpaired) electrons. The molecule has 0 N–H and O–H groups in total. The van der Waals surface area contributed by atoms with Gasteiger partial charge in [-0.1, -0.05) is 54.6 Å². The van der Waals surface area contributed by atoms with Gasteiger partial charge in [0.15, 0.2) is 0 Å². The van der Waals surface area contributed by atoms with E-state index in [9.17, 15) is 4.79 Å². The first-order chi connectivity index (χ1) is 18.4. The highest BCUT2D eigenvalue weighted by Crippen LogP contribution is 2.35. The average Bonchev–Trinajstić information content (AvgIpc) is 2.95. The van der Waals surface area contributed by atoms with Crippen LogP contribution in [-0.4, -0.2) is 72.5 Å². The van der Waals surface area contributed by atoms with Gasteiger partial charge in [-0.15, -0.1) is 0 Å². The highest BCUT2D eigenvalue weighted by Gasteiger charge is 2.35. The van der Waals surface area contributed by atoms with Gasteiger partial charge in [-0.25, -0.2) is 0 Å². The Morgan fingerprint density at radius 1 is 0.895 bits per heavy atom. The monoisotopic (exact) mass is 513 g/mol. The van der Waals surface area contributed by atoms with Gasteiger partial charge in [0.2, 0.25) is 0 Å². The molecule has 1 aliphatic rings. The van der Waals surface area contributed by atoms with Crippen LogP contribution in [-0.2, 0) is 6.42 Å². The molecule has 0 aromatic heterocycles. The van der Waals surface area contributed by atoms with Gasteiger partial charge in [-0.05, 0) is 75.1 Å². The summed E-state index contributed by atoms with van der Waals surface area (Å²) in [6.45, 7) is 13.2. The van der Waals surface area contributed by atoms with E-state index in [-0.39, 0.29) is 11.9 Å². The zero-order chi connectivity index (χ0) is 27.1. The van der Waals surface area contributed by atoms with Crippen LogP contribution in [0.5, 0.6) is 5.75 Å². The molecule has 3 aromatic carbocycles. The van der Waals surface area contributed by atoms with Crippen molar-refractivity contribution in [3.8, 4) is 5.75 Å². The number of hydrogen-bond donors (Lipinski definition) is 0. The Morgan fingerprint density at radius 2 is 1.61 bits per heavy atom. The smallest absolute Gasteiger partial charge is 0.253 e. The minimum absolute atomic E-state index is 0.0800. The van der Waals surface area contributed by atoms with Crippen LogP contribution >= 0.6 is 0 Å². The number of piperazine rings is 1. The molecule has 3 aromatic rings. The van der Waals surface area contributed by atoms with Crippen molar-refractivity contribution in [1.82, 2.24) is 14.7 Å². The number of ether oxygens (including phenoxy) is 1. The minimum atomic E-state index is 0.0800. The van der Waals surface area contributed by atoms with Gasteiger partial charge in [0.1, 0.15) is 5.75 Å². The molecular formula is C33H43N3O2. The second-order valence-corrected chi connectivity index (χ2v) is 10.4. The summed E-state index contributed by atoms with van der Waals surface area (Å²) in [5, 5.41) is 0. The maximum atomic E-state index is 12.9. The van der Waals surface area contributed by atoms with E-state index in [4.69, 9.17) is 4.74 Å². The summed E-state index contributed by atoms with van der Waals surface area (Å²) >= 11 is 0. The highest BCUT2D eigenvalue weighted by molar-refractivity contribution is 5.94. The molecule has 202 valence electrons. The highest BCUT2D eigenvalue weighted by atomic mass is 16.5. The van der Waals surface area contributed by atoms with Gasteiger partial charge in [-0.3, -0.25) is 14.6 Å². The van der Waals surface area contributed by atoms with E-state index in [1.165, 1.54) is 16.7 Å². The number of nitrogens with zero attached hydrogens (tertiary/aromatic N) is 3. The lowest BCUT2D eigenvalue weighted by molar-refractivity contribution is 0.0246. The van der Waals surface area contributed by atoms with Crippen LogP contribution in [0.25, 0.3) is 0 Å². The molecule has 1 amide bonds. The quantitative estimate of drug-likeness (QED) is 0.338. The Kier molecular flexibility index (Phi) is 9.59. The Balaban J connectivity index is 1.59. The Labute approximate surface area is 229 Å². The largest absolute Gasteiger partial charge is 0.497 e. The summed E-state index contributed by atoms with van der Waals surface area (Å²) in [6, 6.07) is 28.3. The number of carbonyl (C=O) groups is 1. The molecule has 38 heavy (non-hydrogen) atoms. The SMILES string of the molecule is CCN(CC)C(=O)c1ccc([C@@H](c2cccc(OC)c2)N2C[C@H](C)N(CCc3ccccc3)C[C@H]2C)cc1. The van der Waals surface area contributed by atoms with Crippen LogP contribution in [0.4, 0.5) is 0 Å². The molecule has 1 heterocycles. The van der Waals surface area contributed by atoms with Crippen molar-refractivity contribution < 1.29 is 9.53 Å². The molecule has 3 atom stereocenters. The molecule has 0 aliphatic carbocycles. The zero-order valence-electron chi connectivity index (χ0n) is 23.6. The van der Waals surface area contributed by atoms with Crippen molar-refractivity contribution in [3.05, 3.63) is 101 Å². The molecular weight excluding hydrogens is 470 g/mol. The minimum Gasteiger partial charge on any atom is -0.497 e. The average molecular weight is 514 g/mol. The summed E-state index contributed by atoms with van der Waals surface area (Å²) in [6.07, 6.45) is 1.07. The van der Waals surface area contributed by atoms with Crippen LogP contribution in [0, 0.1) is 0 Å². The zero-order valence-corrected chi connectivity index (χ0v) is 23.6. The maximum Gasteiger partial charge on any atom is 0.253 e. The van der Waals surface area contributed by atoms with Crippen molar-refractivity contribution in [1.29, 1.82) is 0 Å². The number of methoxy groups -OCH3 is 1. The maximum absolute atomic E-state index is 12.9. The summed E-state index contributed by atoms with van der Waals surface area (Å²) in [5.41, 5.74) is 4.55. The Hall–Kier alpha value is -3.15. The van der Waals surface area contributed by atoms with Crippen LogP contribution in [0.15, 0.2) is 78.9 Å². The molecule has 1 aliphatic heterocycles. The number of benzene rings is 3. The third-order valence-electron chi connectivity index (χ3n) is 7.96. The van der Waals surface area contributed by atoms with Crippen molar-refractivity contribution in [3.63, 3.8) is 0 Å².